The summed E-state index contributed by atoms with van der Waals surface area (Å²) in [6.07, 6.45) is 5.03. The van der Waals surface area contributed by atoms with E-state index in [1.807, 2.05) is 36.4 Å². The van der Waals surface area contributed by atoms with Gasteiger partial charge in [-0.05, 0) is 30.0 Å². The Hall–Kier alpha value is -2.60. The Balaban J connectivity index is 1.73. The van der Waals surface area contributed by atoms with Gasteiger partial charge < -0.3 is 9.64 Å². The van der Waals surface area contributed by atoms with E-state index in [4.69, 9.17) is 4.74 Å². The number of anilines is 1. The number of hydrogen-bond donors (Lipinski definition) is 0. The summed E-state index contributed by atoms with van der Waals surface area (Å²) in [4.78, 5) is 30.9. The molecule has 0 atom stereocenters. The number of fused-ring (bicyclic) bond motifs is 1. The smallest absolute Gasteiger partial charge is 0.341 e. The molecular weight excluding hydrogens is 360 g/mol. The number of likely N-dealkylation sites (N-methyl/N-ethyl adjacent to an activating group) is 1. The number of pyridine rings is 1. The van der Waals surface area contributed by atoms with Crippen LogP contribution in [-0.4, -0.2) is 36.6 Å². The lowest BCUT2D eigenvalue weighted by Crippen LogP contribution is -2.25. The average Bonchev–Trinajstić information content (AvgIpc) is 2.87. The molecule has 0 spiro atoms. The van der Waals surface area contributed by atoms with Gasteiger partial charge in [0, 0.05) is 36.1 Å². The zero-order valence-corrected chi connectivity index (χ0v) is 16.7. The van der Waals surface area contributed by atoms with Gasteiger partial charge in [-0.3, -0.25) is 4.79 Å². The van der Waals surface area contributed by atoms with Crippen molar-refractivity contribution in [2.45, 2.75) is 24.3 Å². The molecule has 2 aromatic rings. The first-order valence-corrected chi connectivity index (χ1v) is 9.83. The van der Waals surface area contributed by atoms with Crippen molar-refractivity contribution in [2.24, 2.45) is 0 Å². The molecule has 6 heteroatoms. The van der Waals surface area contributed by atoms with E-state index >= 15 is 0 Å². The number of esters is 1. The molecule has 0 amide bonds. The van der Waals surface area contributed by atoms with E-state index < -0.39 is 5.97 Å². The molecule has 0 saturated carbocycles. The molecular formula is C21H22N2O3S. The highest BCUT2D eigenvalue weighted by molar-refractivity contribution is 7.98. The third-order valence-corrected chi connectivity index (χ3v) is 5.48. The third kappa shape index (κ3) is 3.62. The molecule has 2 heterocycles. The van der Waals surface area contributed by atoms with Crippen molar-refractivity contribution in [1.29, 1.82) is 0 Å². The van der Waals surface area contributed by atoms with E-state index in [0.29, 0.717) is 10.6 Å². The Morgan fingerprint density at radius 3 is 2.67 bits per heavy atom. The lowest BCUT2D eigenvalue weighted by molar-refractivity contribution is -0.117. The third-order valence-electron chi connectivity index (χ3n) is 4.77. The molecule has 0 bridgehead atoms. The number of ether oxygens (including phenoxy) is 1. The van der Waals surface area contributed by atoms with E-state index in [0.717, 1.165) is 11.4 Å². The Morgan fingerprint density at radius 1 is 1.22 bits per heavy atom. The fourth-order valence-electron chi connectivity index (χ4n) is 3.38. The summed E-state index contributed by atoms with van der Waals surface area (Å²) < 4.78 is 5.22. The maximum atomic E-state index is 12.5. The Kier molecular flexibility index (Phi) is 5.37. The molecule has 1 aromatic carbocycles. The quantitative estimate of drug-likeness (QED) is 0.445. The zero-order chi connectivity index (χ0) is 19.6. The van der Waals surface area contributed by atoms with Gasteiger partial charge in [0.15, 0.2) is 12.4 Å². The highest BCUT2D eigenvalue weighted by Gasteiger charge is 2.38. The molecule has 0 radical (unpaired) electrons. The maximum Gasteiger partial charge on any atom is 0.341 e. The second kappa shape index (κ2) is 7.56. The number of allylic oxidation sites excluding steroid dienone is 1. The van der Waals surface area contributed by atoms with E-state index in [9.17, 15) is 9.59 Å². The van der Waals surface area contributed by atoms with Crippen LogP contribution in [0, 0.1) is 0 Å². The number of para-hydroxylation sites is 1. The van der Waals surface area contributed by atoms with E-state index in [1.165, 1.54) is 17.3 Å². The van der Waals surface area contributed by atoms with Crippen LogP contribution in [0.25, 0.3) is 0 Å². The first-order valence-electron chi connectivity index (χ1n) is 8.60. The average molecular weight is 382 g/mol. The van der Waals surface area contributed by atoms with Gasteiger partial charge in [0.25, 0.3) is 0 Å². The molecule has 27 heavy (non-hydrogen) atoms. The molecule has 5 nitrogen and oxygen atoms in total. The van der Waals surface area contributed by atoms with Crippen molar-refractivity contribution in [1.82, 2.24) is 4.98 Å². The number of aromatic nitrogens is 1. The molecule has 0 aliphatic carbocycles. The van der Waals surface area contributed by atoms with Gasteiger partial charge in [-0.25, -0.2) is 9.78 Å². The first-order chi connectivity index (χ1) is 12.9. The maximum absolute atomic E-state index is 12.5. The van der Waals surface area contributed by atoms with Crippen LogP contribution in [0.1, 0.15) is 29.8 Å². The minimum absolute atomic E-state index is 0.249. The molecule has 140 valence electrons. The van der Waals surface area contributed by atoms with Crippen LogP contribution in [0.5, 0.6) is 0 Å². The fraction of sp³-hybridized carbons (Fsp3) is 0.286. The Bertz CT molecular complexity index is 921. The lowest BCUT2D eigenvalue weighted by Gasteiger charge is -2.23. The summed E-state index contributed by atoms with van der Waals surface area (Å²) in [7, 11) is 1.94. The van der Waals surface area contributed by atoms with Gasteiger partial charge >= 0.3 is 5.97 Å². The minimum atomic E-state index is -0.540. The van der Waals surface area contributed by atoms with Gasteiger partial charge in [-0.1, -0.05) is 32.0 Å². The Morgan fingerprint density at radius 2 is 1.96 bits per heavy atom. The van der Waals surface area contributed by atoms with Crippen LogP contribution in [0.2, 0.25) is 0 Å². The van der Waals surface area contributed by atoms with Crippen LogP contribution in [0.15, 0.2) is 59.4 Å². The number of ketones is 1. The number of nitrogens with zero attached hydrogens (tertiary/aromatic N) is 2. The first kappa shape index (κ1) is 19.2. The standard InChI is InChI=1S/C21H22N2O3S/c1-21(2)16-9-5-6-10-17(16)23(3)18(21)12-14(24)13-26-20(25)15-8-7-11-22-19(15)27-4/h5-12H,13H2,1-4H3/b18-12-. The number of carbonyl (C=O) groups is 2. The summed E-state index contributed by atoms with van der Waals surface area (Å²) in [5.74, 6) is -0.790. The summed E-state index contributed by atoms with van der Waals surface area (Å²) >= 11 is 1.36. The Labute approximate surface area is 163 Å². The summed E-state index contributed by atoms with van der Waals surface area (Å²) in [5, 5.41) is 0.584. The van der Waals surface area contributed by atoms with Gasteiger partial charge in [0.05, 0.1) is 5.56 Å². The fourth-order valence-corrected chi connectivity index (χ4v) is 3.91. The van der Waals surface area contributed by atoms with Crippen LogP contribution in [-0.2, 0) is 14.9 Å². The van der Waals surface area contributed by atoms with Crippen molar-refractivity contribution in [2.75, 3.05) is 24.8 Å². The van der Waals surface area contributed by atoms with Gasteiger partial charge in [-0.2, -0.15) is 0 Å². The number of thioether (sulfide) groups is 1. The highest BCUT2D eigenvalue weighted by atomic mass is 32.2. The molecule has 0 saturated heterocycles. The number of hydrogen-bond acceptors (Lipinski definition) is 6. The molecule has 1 aliphatic heterocycles. The number of benzene rings is 1. The summed E-state index contributed by atoms with van der Waals surface area (Å²) in [5.41, 5.74) is 3.22. The molecule has 1 aliphatic rings. The van der Waals surface area contributed by atoms with Gasteiger partial charge in [0.2, 0.25) is 0 Å². The summed E-state index contributed by atoms with van der Waals surface area (Å²) in [6.45, 7) is 3.87. The molecule has 1 aromatic heterocycles. The lowest BCUT2D eigenvalue weighted by atomic mass is 9.83. The SMILES string of the molecule is CSc1ncccc1C(=O)OCC(=O)/C=C1\N(C)c2ccccc2C1(C)C. The zero-order valence-electron chi connectivity index (χ0n) is 15.9. The van der Waals surface area contributed by atoms with E-state index in [-0.39, 0.29) is 17.8 Å². The molecule has 0 unspecified atom stereocenters. The van der Waals surface area contributed by atoms with Crippen molar-refractivity contribution < 1.29 is 14.3 Å². The monoisotopic (exact) mass is 382 g/mol. The van der Waals surface area contributed by atoms with Gasteiger partial charge in [0.1, 0.15) is 5.03 Å². The van der Waals surface area contributed by atoms with Crippen molar-refractivity contribution in [3.63, 3.8) is 0 Å². The second-order valence-electron chi connectivity index (χ2n) is 6.83. The van der Waals surface area contributed by atoms with Crippen LogP contribution < -0.4 is 4.90 Å². The molecule has 0 N–H and O–H groups in total. The van der Waals surface area contributed by atoms with E-state index in [1.54, 1.807) is 24.4 Å². The predicted molar refractivity (Wildman–Crippen MR) is 107 cm³/mol. The summed E-state index contributed by atoms with van der Waals surface area (Å²) in [6, 6.07) is 11.4. The molecule has 0 fully saturated rings. The van der Waals surface area contributed by atoms with Crippen molar-refractivity contribution in [3.8, 4) is 0 Å². The number of carbonyl (C=O) groups excluding carboxylic acids is 2. The largest absolute Gasteiger partial charge is 0.454 e. The van der Waals surface area contributed by atoms with Crippen LogP contribution in [0.4, 0.5) is 5.69 Å². The van der Waals surface area contributed by atoms with Crippen LogP contribution in [0.3, 0.4) is 0 Å². The normalized spacial score (nSPS) is 16.3. The minimum Gasteiger partial charge on any atom is -0.454 e. The topological polar surface area (TPSA) is 59.5 Å². The van der Waals surface area contributed by atoms with Crippen molar-refractivity contribution >= 4 is 29.2 Å². The highest BCUT2D eigenvalue weighted by Crippen LogP contribution is 2.46. The van der Waals surface area contributed by atoms with Gasteiger partial charge in [-0.15, -0.1) is 11.8 Å². The molecule has 3 rings (SSSR count). The van der Waals surface area contributed by atoms with Crippen molar-refractivity contribution in [3.05, 3.63) is 65.5 Å². The van der Waals surface area contributed by atoms with E-state index in [2.05, 4.69) is 24.9 Å². The number of rotatable bonds is 5. The predicted octanol–water partition coefficient (Wildman–Crippen LogP) is 3.84. The van der Waals surface area contributed by atoms with Crippen LogP contribution >= 0.6 is 11.8 Å². The second-order valence-corrected chi connectivity index (χ2v) is 7.63.